The van der Waals surface area contributed by atoms with Gasteiger partial charge in [0.05, 0.1) is 17.3 Å². The average molecular weight is 267 g/mol. The van der Waals surface area contributed by atoms with Crippen molar-refractivity contribution in [3.63, 3.8) is 0 Å². The highest BCUT2D eigenvalue weighted by Crippen LogP contribution is 2.28. The molecular formula is C13H15ClN2O2. The molecule has 0 radical (unpaired) electrons. The van der Waals surface area contributed by atoms with E-state index < -0.39 is 0 Å². The molecule has 2 N–H and O–H groups in total. The first kappa shape index (κ1) is 12.9. The summed E-state index contributed by atoms with van der Waals surface area (Å²) in [4.78, 5) is 25.1. The zero-order chi connectivity index (χ0) is 13.4. The number of likely N-dealkylation sites (tertiary alicyclic amines) is 1. The van der Waals surface area contributed by atoms with Gasteiger partial charge in [-0.1, -0.05) is 31.5 Å². The maximum Gasteiger partial charge on any atom is 0.233 e. The largest absolute Gasteiger partial charge is 0.398 e. The van der Waals surface area contributed by atoms with E-state index in [2.05, 4.69) is 0 Å². The fourth-order valence-corrected chi connectivity index (χ4v) is 2.18. The van der Waals surface area contributed by atoms with Crippen LogP contribution in [0.2, 0.25) is 5.02 Å². The van der Waals surface area contributed by atoms with Crippen LogP contribution in [0.15, 0.2) is 18.2 Å². The van der Waals surface area contributed by atoms with Gasteiger partial charge in [-0.15, -0.1) is 0 Å². The monoisotopic (exact) mass is 266 g/mol. The molecule has 5 heteroatoms. The first-order valence-corrected chi connectivity index (χ1v) is 6.18. The molecule has 4 nitrogen and oxygen atoms in total. The minimum absolute atomic E-state index is 0.124. The van der Waals surface area contributed by atoms with Crippen molar-refractivity contribution in [2.24, 2.45) is 11.8 Å². The molecule has 1 aliphatic heterocycles. The number of rotatable bonds is 2. The lowest BCUT2D eigenvalue weighted by Crippen LogP contribution is -2.30. The average Bonchev–Trinajstić information content (AvgIpc) is 2.52. The number of benzene rings is 1. The number of amides is 2. The summed E-state index contributed by atoms with van der Waals surface area (Å²) in [6, 6.07) is 5.13. The third-order valence-electron chi connectivity index (χ3n) is 3.46. The van der Waals surface area contributed by atoms with E-state index in [-0.39, 0.29) is 30.2 Å². The number of nitrogens with zero attached hydrogens (tertiary/aromatic N) is 1. The number of carbonyl (C=O) groups is 2. The fourth-order valence-electron chi connectivity index (χ4n) is 2.06. The van der Waals surface area contributed by atoms with Gasteiger partial charge in [0.15, 0.2) is 0 Å². The number of hydrogen-bond donors (Lipinski definition) is 1. The van der Waals surface area contributed by atoms with Crippen molar-refractivity contribution >= 4 is 29.1 Å². The van der Waals surface area contributed by atoms with Crippen LogP contribution in [0.1, 0.15) is 19.4 Å². The standard InChI is InChI=1S/C13H15ClN2O2/c1-7-8(2)13(18)16(12(7)17)6-9-3-4-10(14)11(15)5-9/h3-5,7-8H,6,15H2,1-2H3. The Kier molecular flexibility index (Phi) is 3.30. The first-order chi connectivity index (χ1) is 8.41. The van der Waals surface area contributed by atoms with Crippen LogP contribution in [0.4, 0.5) is 5.69 Å². The molecule has 2 atom stereocenters. The smallest absolute Gasteiger partial charge is 0.233 e. The van der Waals surface area contributed by atoms with Gasteiger partial charge < -0.3 is 5.73 Å². The van der Waals surface area contributed by atoms with Crippen LogP contribution < -0.4 is 5.73 Å². The Morgan fingerprint density at radius 1 is 1.22 bits per heavy atom. The highest BCUT2D eigenvalue weighted by molar-refractivity contribution is 6.33. The summed E-state index contributed by atoms with van der Waals surface area (Å²) >= 11 is 5.83. The van der Waals surface area contributed by atoms with Crippen LogP contribution in [0, 0.1) is 11.8 Å². The van der Waals surface area contributed by atoms with Crippen LogP contribution in [0.3, 0.4) is 0 Å². The van der Waals surface area contributed by atoms with E-state index in [1.807, 2.05) is 0 Å². The van der Waals surface area contributed by atoms with Gasteiger partial charge in [-0.2, -0.15) is 0 Å². The molecule has 96 valence electrons. The molecule has 1 aliphatic rings. The molecule has 1 fully saturated rings. The van der Waals surface area contributed by atoms with E-state index in [0.717, 1.165) is 5.56 Å². The van der Waals surface area contributed by atoms with Gasteiger partial charge in [0.25, 0.3) is 0 Å². The molecule has 0 saturated carbocycles. The number of nitrogen functional groups attached to an aromatic ring is 1. The van der Waals surface area contributed by atoms with E-state index in [9.17, 15) is 9.59 Å². The Morgan fingerprint density at radius 3 is 2.28 bits per heavy atom. The van der Waals surface area contributed by atoms with Gasteiger partial charge in [0.2, 0.25) is 11.8 Å². The van der Waals surface area contributed by atoms with E-state index in [0.29, 0.717) is 10.7 Å². The van der Waals surface area contributed by atoms with Crippen molar-refractivity contribution in [2.75, 3.05) is 5.73 Å². The molecule has 0 aromatic heterocycles. The molecule has 2 amide bonds. The van der Waals surface area contributed by atoms with Gasteiger partial charge in [0.1, 0.15) is 0 Å². The lowest BCUT2D eigenvalue weighted by Gasteiger charge is -2.15. The molecule has 1 aromatic rings. The van der Waals surface area contributed by atoms with Crippen LogP contribution in [-0.4, -0.2) is 16.7 Å². The predicted octanol–water partition coefficient (Wildman–Crippen LogP) is 2.06. The summed E-state index contributed by atoms with van der Waals surface area (Å²) in [5, 5.41) is 0.472. The van der Waals surface area contributed by atoms with E-state index in [1.54, 1.807) is 32.0 Å². The van der Waals surface area contributed by atoms with Gasteiger partial charge in [-0.25, -0.2) is 0 Å². The summed E-state index contributed by atoms with van der Waals surface area (Å²) in [5.74, 6) is -0.744. The van der Waals surface area contributed by atoms with Crippen molar-refractivity contribution in [1.82, 2.24) is 4.90 Å². The Morgan fingerprint density at radius 2 is 1.78 bits per heavy atom. The summed E-state index contributed by atoms with van der Waals surface area (Å²) < 4.78 is 0. The fraction of sp³-hybridized carbons (Fsp3) is 0.385. The van der Waals surface area contributed by atoms with Gasteiger partial charge >= 0.3 is 0 Å². The predicted molar refractivity (Wildman–Crippen MR) is 69.7 cm³/mol. The summed E-state index contributed by atoms with van der Waals surface area (Å²) in [5.41, 5.74) is 6.96. The molecule has 18 heavy (non-hydrogen) atoms. The van der Waals surface area contributed by atoms with Crippen LogP contribution in [0.5, 0.6) is 0 Å². The second kappa shape index (κ2) is 4.61. The summed E-state index contributed by atoms with van der Waals surface area (Å²) in [6.07, 6.45) is 0. The van der Waals surface area contributed by atoms with Crippen LogP contribution in [-0.2, 0) is 16.1 Å². The van der Waals surface area contributed by atoms with Gasteiger partial charge in [0, 0.05) is 11.8 Å². The summed E-state index contributed by atoms with van der Waals surface area (Å²) in [7, 11) is 0. The molecule has 2 unspecified atom stereocenters. The van der Waals surface area contributed by atoms with Crippen molar-refractivity contribution < 1.29 is 9.59 Å². The molecule has 0 aliphatic carbocycles. The normalized spacial score (nSPS) is 23.8. The third-order valence-corrected chi connectivity index (χ3v) is 3.81. The maximum absolute atomic E-state index is 11.9. The van der Waals surface area contributed by atoms with Crippen LogP contribution in [0.25, 0.3) is 0 Å². The lowest BCUT2D eigenvalue weighted by atomic mass is 10.00. The zero-order valence-corrected chi connectivity index (χ0v) is 11.1. The molecule has 0 spiro atoms. The number of carbonyl (C=O) groups excluding carboxylic acids is 2. The minimum atomic E-state index is -0.248. The van der Waals surface area contributed by atoms with Crippen molar-refractivity contribution in [3.05, 3.63) is 28.8 Å². The molecule has 1 heterocycles. The Bertz CT molecular complexity index is 496. The van der Waals surface area contributed by atoms with Crippen molar-refractivity contribution in [2.45, 2.75) is 20.4 Å². The van der Waals surface area contributed by atoms with Crippen molar-refractivity contribution in [1.29, 1.82) is 0 Å². The Labute approximate surface area is 111 Å². The maximum atomic E-state index is 11.9. The number of imide groups is 1. The second-order valence-electron chi connectivity index (χ2n) is 4.70. The van der Waals surface area contributed by atoms with E-state index >= 15 is 0 Å². The number of hydrogen-bond acceptors (Lipinski definition) is 3. The summed E-state index contributed by atoms with van der Waals surface area (Å²) in [6.45, 7) is 3.82. The minimum Gasteiger partial charge on any atom is -0.398 e. The second-order valence-corrected chi connectivity index (χ2v) is 5.10. The number of nitrogens with two attached hydrogens (primary N) is 1. The number of anilines is 1. The third kappa shape index (κ3) is 2.08. The zero-order valence-electron chi connectivity index (χ0n) is 10.3. The molecular weight excluding hydrogens is 252 g/mol. The number of halogens is 1. The quantitative estimate of drug-likeness (QED) is 0.658. The van der Waals surface area contributed by atoms with E-state index in [4.69, 9.17) is 17.3 Å². The van der Waals surface area contributed by atoms with Gasteiger partial charge in [-0.05, 0) is 17.7 Å². The Balaban J connectivity index is 2.21. The Hall–Kier alpha value is -1.55. The topological polar surface area (TPSA) is 63.4 Å². The molecule has 0 bridgehead atoms. The molecule has 1 aromatic carbocycles. The highest BCUT2D eigenvalue weighted by atomic mass is 35.5. The lowest BCUT2D eigenvalue weighted by molar-refractivity contribution is -0.140. The van der Waals surface area contributed by atoms with E-state index in [1.165, 1.54) is 4.90 Å². The SMILES string of the molecule is CC1C(=O)N(Cc2ccc(Cl)c(N)c2)C(=O)C1C. The molecule has 1 saturated heterocycles. The highest BCUT2D eigenvalue weighted by Gasteiger charge is 2.41. The first-order valence-electron chi connectivity index (χ1n) is 5.81. The van der Waals surface area contributed by atoms with Crippen LogP contribution >= 0.6 is 11.6 Å². The molecule has 2 rings (SSSR count). The van der Waals surface area contributed by atoms with Crippen molar-refractivity contribution in [3.8, 4) is 0 Å². The van der Waals surface area contributed by atoms with Gasteiger partial charge in [-0.3, -0.25) is 14.5 Å².